The van der Waals surface area contributed by atoms with Crippen molar-refractivity contribution in [3.63, 3.8) is 0 Å². The summed E-state index contributed by atoms with van der Waals surface area (Å²) in [6.07, 6.45) is 8.43. The Morgan fingerprint density at radius 3 is 2.36 bits per heavy atom. The molecule has 1 aliphatic heterocycles. The van der Waals surface area contributed by atoms with Gasteiger partial charge in [0.15, 0.2) is 0 Å². The lowest BCUT2D eigenvalue weighted by atomic mass is 10.0. The maximum Gasteiger partial charge on any atom is 0.339 e. The number of amides is 1. The first-order valence-corrected chi connectivity index (χ1v) is 15.2. The number of pyridine rings is 1. The Bertz CT molecular complexity index is 1820. The summed E-state index contributed by atoms with van der Waals surface area (Å²) >= 11 is 0. The van der Waals surface area contributed by atoms with Crippen LogP contribution in [0.15, 0.2) is 103 Å². The van der Waals surface area contributed by atoms with Gasteiger partial charge in [0.25, 0.3) is 5.91 Å². The zero-order chi connectivity index (χ0) is 29.3. The second kappa shape index (κ2) is 11.3. The van der Waals surface area contributed by atoms with Crippen LogP contribution in [-0.2, 0) is 10.1 Å². The quantitative estimate of drug-likeness (QED) is 0.237. The van der Waals surface area contributed by atoms with Crippen LogP contribution in [0.1, 0.15) is 29.2 Å². The number of fused-ring (bicyclic) bond motifs is 1. The van der Waals surface area contributed by atoms with Gasteiger partial charge in [0.05, 0.1) is 18.2 Å². The van der Waals surface area contributed by atoms with E-state index in [-0.39, 0.29) is 22.6 Å². The Hall–Kier alpha value is -4.70. The number of carbonyl (C=O) groups is 1. The fourth-order valence-corrected chi connectivity index (χ4v) is 6.57. The molecular weight excluding hydrogens is 550 g/mol. The van der Waals surface area contributed by atoms with E-state index in [1.54, 1.807) is 42.9 Å². The number of imidazole rings is 1. The minimum absolute atomic E-state index is 0.0512. The Balaban J connectivity index is 1.13. The first-order valence-electron chi connectivity index (χ1n) is 13.8. The van der Waals surface area contributed by atoms with Crippen LogP contribution in [0.5, 0.6) is 5.75 Å². The van der Waals surface area contributed by atoms with Crippen molar-refractivity contribution in [2.75, 3.05) is 32.1 Å². The maximum atomic E-state index is 13.1. The largest absolute Gasteiger partial charge is 0.379 e. The zero-order valence-corrected chi connectivity index (χ0v) is 24.2. The third kappa shape index (κ3) is 5.45. The predicted octanol–water partition coefficient (Wildman–Crippen LogP) is 5.41. The third-order valence-electron chi connectivity index (χ3n) is 7.71. The lowest BCUT2D eigenvalue weighted by Crippen LogP contribution is -2.39. The molecule has 6 rings (SSSR count). The highest BCUT2D eigenvalue weighted by Gasteiger charge is 2.26. The molecule has 9 nitrogen and oxygen atoms in total. The van der Waals surface area contributed by atoms with Crippen molar-refractivity contribution in [1.29, 1.82) is 0 Å². The highest BCUT2D eigenvalue weighted by molar-refractivity contribution is 7.87. The Morgan fingerprint density at radius 1 is 0.905 bits per heavy atom. The van der Waals surface area contributed by atoms with E-state index in [0.717, 1.165) is 35.2 Å². The molecule has 0 N–H and O–H groups in total. The smallest absolute Gasteiger partial charge is 0.339 e. The van der Waals surface area contributed by atoms with Gasteiger partial charge in [-0.25, -0.2) is 4.98 Å². The number of hydrogen-bond acceptors (Lipinski definition) is 7. The molecular formula is C32H31N5O4S. The predicted molar refractivity (Wildman–Crippen MR) is 162 cm³/mol. The Labute approximate surface area is 245 Å². The summed E-state index contributed by atoms with van der Waals surface area (Å²) in [5.41, 5.74) is 3.58. The number of piperidine rings is 1. The molecule has 0 spiro atoms. The van der Waals surface area contributed by atoms with E-state index < -0.39 is 10.1 Å². The van der Waals surface area contributed by atoms with Crippen LogP contribution in [0.3, 0.4) is 0 Å². The van der Waals surface area contributed by atoms with Crippen LogP contribution in [0.2, 0.25) is 0 Å². The second-order valence-corrected chi connectivity index (χ2v) is 12.1. The summed E-state index contributed by atoms with van der Waals surface area (Å²) < 4.78 is 33.9. The van der Waals surface area contributed by atoms with Gasteiger partial charge >= 0.3 is 10.1 Å². The number of benzene rings is 3. The lowest BCUT2D eigenvalue weighted by Gasteiger charge is -2.33. The van der Waals surface area contributed by atoms with Gasteiger partial charge in [-0.3, -0.25) is 9.78 Å². The molecule has 0 atom stereocenters. The molecule has 0 unspecified atom stereocenters. The molecule has 10 heteroatoms. The summed E-state index contributed by atoms with van der Waals surface area (Å²) in [6, 6.07) is 21.5. The summed E-state index contributed by atoms with van der Waals surface area (Å²) in [7, 11) is -0.0971. The van der Waals surface area contributed by atoms with Crippen LogP contribution in [-0.4, -0.2) is 60.9 Å². The van der Waals surface area contributed by atoms with Gasteiger partial charge < -0.3 is 18.6 Å². The molecule has 42 heavy (non-hydrogen) atoms. The van der Waals surface area contributed by atoms with Crippen molar-refractivity contribution in [3.8, 4) is 17.0 Å². The number of aromatic nitrogens is 3. The molecule has 5 aromatic rings. The molecule has 3 heterocycles. The van der Waals surface area contributed by atoms with Crippen molar-refractivity contribution in [3.05, 3.63) is 103 Å². The van der Waals surface area contributed by atoms with Crippen molar-refractivity contribution in [2.45, 2.75) is 23.8 Å². The Kier molecular flexibility index (Phi) is 7.38. The van der Waals surface area contributed by atoms with Crippen LogP contribution < -0.4 is 9.08 Å². The van der Waals surface area contributed by atoms with E-state index in [1.165, 1.54) is 6.07 Å². The van der Waals surface area contributed by atoms with E-state index >= 15 is 0 Å². The van der Waals surface area contributed by atoms with E-state index in [4.69, 9.17) is 4.18 Å². The van der Waals surface area contributed by atoms with E-state index in [2.05, 4.69) is 14.5 Å². The summed E-state index contributed by atoms with van der Waals surface area (Å²) in [4.78, 5) is 25.6. The molecule has 0 radical (unpaired) electrons. The van der Waals surface area contributed by atoms with Crippen molar-refractivity contribution in [1.82, 2.24) is 19.4 Å². The van der Waals surface area contributed by atoms with Crippen molar-refractivity contribution >= 4 is 32.5 Å². The molecule has 0 bridgehead atoms. The number of rotatable bonds is 7. The molecule has 0 aliphatic carbocycles. The molecule has 3 aromatic carbocycles. The van der Waals surface area contributed by atoms with E-state index in [9.17, 15) is 13.2 Å². The number of nitrogens with zero attached hydrogens (tertiary/aromatic N) is 5. The lowest BCUT2D eigenvalue weighted by molar-refractivity contribution is 0.0695. The summed E-state index contributed by atoms with van der Waals surface area (Å²) in [5, 5.41) is 1.28. The molecule has 1 fully saturated rings. The fraction of sp³-hybridized carbons (Fsp3) is 0.219. The number of carbonyl (C=O) groups excluding carboxylic acids is 1. The summed E-state index contributed by atoms with van der Waals surface area (Å²) in [5.74, 6) is 0.275. The molecule has 1 amide bonds. The van der Waals surface area contributed by atoms with Crippen LogP contribution >= 0.6 is 0 Å². The standard InChI is InChI=1S/C32H31N5O4S/c1-35(2)26-10-6-24(7-11-26)32(38)36-18-15-27(16-19-36)37-22-34-21-30(37)23-8-12-28(13-9-23)41-42(39,40)31-5-3-4-25-20-33-17-14-29(25)31/h3-14,17,20-22,27H,15-16,18-19H2,1-2H3. The zero-order valence-electron chi connectivity index (χ0n) is 23.4. The SMILES string of the molecule is CN(C)c1ccc(C(=O)N2CCC(n3cncc3-c3ccc(OS(=O)(=O)c4cccc5cnccc45)cc3)CC2)cc1. The summed E-state index contributed by atoms with van der Waals surface area (Å²) in [6.45, 7) is 1.32. The van der Waals surface area contributed by atoms with Crippen LogP contribution in [0.25, 0.3) is 22.0 Å². The maximum absolute atomic E-state index is 13.1. The van der Waals surface area contributed by atoms with Gasteiger partial charge in [-0.2, -0.15) is 8.42 Å². The minimum atomic E-state index is -4.05. The molecule has 2 aromatic heterocycles. The molecule has 1 saturated heterocycles. The van der Waals surface area contributed by atoms with E-state index in [1.807, 2.05) is 72.7 Å². The monoisotopic (exact) mass is 581 g/mol. The van der Waals surface area contributed by atoms with Gasteiger partial charge in [-0.1, -0.05) is 12.1 Å². The van der Waals surface area contributed by atoms with Gasteiger partial charge in [0.1, 0.15) is 10.6 Å². The average Bonchev–Trinajstić information content (AvgIpc) is 3.51. The molecule has 214 valence electrons. The highest BCUT2D eigenvalue weighted by atomic mass is 32.2. The van der Waals surface area contributed by atoms with Gasteiger partial charge in [-0.15, -0.1) is 0 Å². The third-order valence-corrected chi connectivity index (χ3v) is 9.01. The molecule has 1 aliphatic rings. The van der Waals surface area contributed by atoms with Gasteiger partial charge in [0.2, 0.25) is 0 Å². The van der Waals surface area contributed by atoms with Gasteiger partial charge in [0, 0.05) is 73.2 Å². The average molecular weight is 582 g/mol. The highest BCUT2D eigenvalue weighted by Crippen LogP contribution is 2.31. The normalized spacial score (nSPS) is 14.2. The number of hydrogen-bond donors (Lipinski definition) is 0. The van der Waals surface area contributed by atoms with E-state index in [0.29, 0.717) is 24.0 Å². The van der Waals surface area contributed by atoms with Crippen molar-refractivity contribution < 1.29 is 17.4 Å². The minimum Gasteiger partial charge on any atom is -0.379 e. The Morgan fingerprint density at radius 2 is 1.64 bits per heavy atom. The van der Waals surface area contributed by atoms with Crippen molar-refractivity contribution in [2.24, 2.45) is 0 Å². The second-order valence-electron chi connectivity index (χ2n) is 10.6. The van der Waals surface area contributed by atoms with Crippen LogP contribution in [0, 0.1) is 0 Å². The first-order chi connectivity index (χ1) is 20.3. The molecule has 0 saturated carbocycles. The number of anilines is 1. The topological polar surface area (TPSA) is 97.6 Å². The first kappa shape index (κ1) is 27.5. The van der Waals surface area contributed by atoms with Crippen LogP contribution in [0.4, 0.5) is 5.69 Å². The van der Waals surface area contributed by atoms with Gasteiger partial charge in [-0.05, 0) is 73.5 Å². The number of likely N-dealkylation sites (tertiary alicyclic amines) is 1. The fourth-order valence-electron chi connectivity index (χ4n) is 5.41.